The minimum Gasteiger partial charge on any atom is -0.497 e. The molecule has 0 aliphatic rings. The molecule has 166 valence electrons. The fourth-order valence-electron chi connectivity index (χ4n) is 4.20. The Bertz CT molecular complexity index is 1110. The van der Waals surface area contributed by atoms with E-state index in [0.29, 0.717) is 11.7 Å². The molecule has 0 atom stereocenters. The summed E-state index contributed by atoms with van der Waals surface area (Å²) in [5, 5.41) is 3.67. The number of carbonyl (C=O) groups excluding carboxylic acids is 1. The SMILES string of the molecule is COc1ccc(C(=O)C[P+](c2ccc(C)cc2)(c2ccc(C)cc2)c2ccc(C)cc2)cc1. The zero-order chi connectivity index (χ0) is 23.4. The van der Waals surface area contributed by atoms with E-state index in [2.05, 4.69) is 93.6 Å². The van der Waals surface area contributed by atoms with Crippen LogP contribution in [0.2, 0.25) is 0 Å². The molecule has 0 bridgehead atoms. The molecule has 0 radical (unpaired) electrons. The lowest BCUT2D eigenvalue weighted by Crippen LogP contribution is -2.36. The molecule has 0 unspecified atom stereocenters. The van der Waals surface area contributed by atoms with E-state index in [1.807, 2.05) is 24.3 Å². The Kier molecular flexibility index (Phi) is 6.77. The van der Waals surface area contributed by atoms with Gasteiger partial charge in [0.2, 0.25) is 5.78 Å². The second-order valence-electron chi connectivity index (χ2n) is 8.63. The van der Waals surface area contributed by atoms with Gasteiger partial charge in [-0.05, 0) is 81.4 Å². The smallest absolute Gasteiger partial charge is 0.201 e. The van der Waals surface area contributed by atoms with Gasteiger partial charge in [0.1, 0.15) is 35.1 Å². The quantitative estimate of drug-likeness (QED) is 0.261. The van der Waals surface area contributed by atoms with E-state index in [-0.39, 0.29) is 5.78 Å². The minimum absolute atomic E-state index is 0.146. The van der Waals surface area contributed by atoms with Crippen LogP contribution in [0.3, 0.4) is 0 Å². The average Bonchev–Trinajstić information content (AvgIpc) is 2.84. The highest BCUT2D eigenvalue weighted by atomic mass is 31.2. The lowest BCUT2D eigenvalue weighted by molar-refractivity contribution is 0.102. The van der Waals surface area contributed by atoms with E-state index in [1.165, 1.54) is 32.6 Å². The van der Waals surface area contributed by atoms with E-state index in [4.69, 9.17) is 4.74 Å². The van der Waals surface area contributed by atoms with Crippen molar-refractivity contribution < 1.29 is 9.53 Å². The van der Waals surface area contributed by atoms with E-state index in [9.17, 15) is 4.79 Å². The predicted octanol–water partition coefficient (Wildman–Crippen LogP) is 5.80. The number of ketones is 1. The van der Waals surface area contributed by atoms with Gasteiger partial charge in [-0.15, -0.1) is 0 Å². The van der Waals surface area contributed by atoms with E-state index in [1.54, 1.807) is 7.11 Å². The molecule has 0 aromatic heterocycles. The monoisotopic (exact) mass is 453 g/mol. The van der Waals surface area contributed by atoms with Crippen LogP contribution in [0.5, 0.6) is 5.75 Å². The Morgan fingerprint density at radius 3 is 1.30 bits per heavy atom. The molecule has 0 spiro atoms. The van der Waals surface area contributed by atoms with Gasteiger partial charge in [-0.3, -0.25) is 4.79 Å². The molecule has 0 saturated carbocycles. The second kappa shape index (κ2) is 9.73. The summed E-state index contributed by atoms with van der Waals surface area (Å²) in [6.07, 6.45) is 0.439. The molecule has 4 aromatic carbocycles. The molecule has 0 saturated heterocycles. The summed E-state index contributed by atoms with van der Waals surface area (Å²) >= 11 is 0. The maximum atomic E-state index is 13.8. The van der Waals surface area contributed by atoms with Crippen LogP contribution < -0.4 is 20.7 Å². The maximum Gasteiger partial charge on any atom is 0.201 e. The summed E-state index contributed by atoms with van der Waals surface area (Å²) in [4.78, 5) is 13.8. The van der Waals surface area contributed by atoms with Gasteiger partial charge >= 0.3 is 0 Å². The highest BCUT2D eigenvalue weighted by molar-refractivity contribution is 7.96. The van der Waals surface area contributed by atoms with Crippen molar-refractivity contribution in [2.75, 3.05) is 13.3 Å². The van der Waals surface area contributed by atoms with Crippen LogP contribution in [0.1, 0.15) is 27.0 Å². The third-order valence-corrected chi connectivity index (χ3v) is 10.5. The minimum atomic E-state index is -2.23. The Morgan fingerprint density at radius 1 is 0.606 bits per heavy atom. The van der Waals surface area contributed by atoms with E-state index in [0.717, 1.165) is 5.75 Å². The first-order valence-electron chi connectivity index (χ1n) is 11.2. The van der Waals surface area contributed by atoms with Crippen LogP contribution in [-0.2, 0) is 0 Å². The fraction of sp³-hybridized carbons (Fsp3) is 0.167. The lowest BCUT2D eigenvalue weighted by Gasteiger charge is -2.27. The third kappa shape index (κ3) is 4.77. The van der Waals surface area contributed by atoms with Gasteiger partial charge < -0.3 is 4.74 Å². The van der Waals surface area contributed by atoms with E-state index >= 15 is 0 Å². The first kappa shape index (κ1) is 23.0. The van der Waals surface area contributed by atoms with Gasteiger partial charge in [0.15, 0.2) is 0 Å². The van der Waals surface area contributed by atoms with Crippen molar-refractivity contribution in [3.8, 4) is 5.75 Å². The van der Waals surface area contributed by atoms with Gasteiger partial charge in [0.05, 0.1) is 7.11 Å². The second-order valence-corrected chi connectivity index (χ2v) is 12.1. The molecule has 2 nitrogen and oxygen atoms in total. The Morgan fingerprint density at radius 2 is 0.970 bits per heavy atom. The molecule has 0 aliphatic heterocycles. The van der Waals surface area contributed by atoms with Crippen LogP contribution in [0, 0.1) is 20.8 Å². The first-order chi connectivity index (χ1) is 15.9. The molecular weight excluding hydrogens is 423 g/mol. The molecule has 0 N–H and O–H groups in total. The Labute approximate surface area is 197 Å². The van der Waals surface area contributed by atoms with Crippen molar-refractivity contribution in [1.29, 1.82) is 0 Å². The van der Waals surface area contributed by atoms with Gasteiger partial charge in [-0.25, -0.2) is 0 Å². The molecule has 0 heterocycles. The van der Waals surface area contributed by atoms with Crippen LogP contribution in [-0.4, -0.2) is 19.1 Å². The van der Waals surface area contributed by atoms with Crippen molar-refractivity contribution >= 4 is 29.0 Å². The number of ether oxygens (including phenoxy) is 1. The molecular formula is C30H30O2P+. The van der Waals surface area contributed by atoms with Crippen LogP contribution in [0.15, 0.2) is 97.1 Å². The summed E-state index contributed by atoms with van der Waals surface area (Å²) in [6, 6.07) is 33.7. The van der Waals surface area contributed by atoms with Gasteiger partial charge in [-0.1, -0.05) is 53.1 Å². The van der Waals surface area contributed by atoms with Crippen molar-refractivity contribution in [2.24, 2.45) is 0 Å². The number of benzene rings is 4. The van der Waals surface area contributed by atoms with Crippen molar-refractivity contribution in [3.63, 3.8) is 0 Å². The van der Waals surface area contributed by atoms with Crippen molar-refractivity contribution in [1.82, 2.24) is 0 Å². The number of carbonyl (C=O) groups is 1. The normalized spacial score (nSPS) is 11.3. The van der Waals surface area contributed by atoms with Crippen molar-refractivity contribution in [3.05, 3.63) is 119 Å². The molecule has 0 amide bonds. The number of Topliss-reactive ketones (excluding diaryl/α,β-unsaturated/α-hetero) is 1. The summed E-state index contributed by atoms with van der Waals surface area (Å²) in [5.41, 5.74) is 4.36. The molecule has 33 heavy (non-hydrogen) atoms. The number of hydrogen-bond donors (Lipinski definition) is 0. The lowest BCUT2D eigenvalue weighted by atomic mass is 10.1. The number of methoxy groups -OCH3 is 1. The molecule has 0 aliphatic carbocycles. The third-order valence-electron chi connectivity index (χ3n) is 6.22. The Balaban J connectivity index is 1.93. The van der Waals surface area contributed by atoms with E-state index < -0.39 is 7.26 Å². The van der Waals surface area contributed by atoms with Crippen molar-refractivity contribution in [2.45, 2.75) is 20.8 Å². The summed E-state index contributed by atoms with van der Waals surface area (Å²) < 4.78 is 5.29. The highest BCUT2D eigenvalue weighted by Gasteiger charge is 2.47. The van der Waals surface area contributed by atoms with Crippen LogP contribution in [0.4, 0.5) is 0 Å². The average molecular weight is 454 g/mol. The number of aryl methyl sites for hydroxylation is 3. The maximum absolute atomic E-state index is 13.8. The molecule has 4 rings (SSSR count). The summed E-state index contributed by atoms with van der Waals surface area (Å²) in [7, 11) is -0.596. The first-order valence-corrected chi connectivity index (χ1v) is 13.2. The highest BCUT2D eigenvalue weighted by Crippen LogP contribution is 2.55. The number of hydrogen-bond acceptors (Lipinski definition) is 2. The zero-order valence-electron chi connectivity index (χ0n) is 19.7. The number of rotatable bonds is 7. The van der Waals surface area contributed by atoms with Gasteiger partial charge in [0, 0.05) is 5.56 Å². The van der Waals surface area contributed by atoms with Crippen LogP contribution >= 0.6 is 7.26 Å². The van der Waals surface area contributed by atoms with Gasteiger partial charge in [-0.2, -0.15) is 0 Å². The predicted molar refractivity (Wildman–Crippen MR) is 142 cm³/mol. The largest absolute Gasteiger partial charge is 0.497 e. The van der Waals surface area contributed by atoms with Crippen LogP contribution in [0.25, 0.3) is 0 Å². The fourth-order valence-corrected chi connectivity index (χ4v) is 8.23. The van der Waals surface area contributed by atoms with Gasteiger partial charge in [0.25, 0.3) is 0 Å². The summed E-state index contributed by atoms with van der Waals surface area (Å²) in [6.45, 7) is 6.30. The Hall–Kier alpha value is -3.22. The zero-order valence-corrected chi connectivity index (χ0v) is 20.6. The topological polar surface area (TPSA) is 26.3 Å². The molecule has 0 fully saturated rings. The standard InChI is InChI=1S/C30H30O2P/c1-22-5-15-27(16-6-22)33(28-17-7-23(2)8-18-28,29-19-9-24(3)10-20-29)21-30(31)25-11-13-26(32-4)14-12-25/h5-20H,21H2,1-4H3/q+1. The molecule has 3 heteroatoms. The summed E-state index contributed by atoms with van der Waals surface area (Å²) in [5.74, 6) is 0.899. The molecule has 4 aromatic rings.